The largest absolute Gasteiger partial charge is 0.496 e. The first-order chi connectivity index (χ1) is 8.51. The van der Waals surface area contributed by atoms with E-state index in [0.29, 0.717) is 29.8 Å². The van der Waals surface area contributed by atoms with Crippen molar-refractivity contribution in [1.82, 2.24) is 4.72 Å². The van der Waals surface area contributed by atoms with Crippen molar-refractivity contribution >= 4 is 26.0 Å². The summed E-state index contributed by atoms with van der Waals surface area (Å²) in [5.74, 6) is 0.481. The molecule has 0 saturated carbocycles. The Kier molecular flexibility index (Phi) is 6.07. The van der Waals surface area contributed by atoms with Gasteiger partial charge in [-0.05, 0) is 34.5 Å². The van der Waals surface area contributed by atoms with E-state index < -0.39 is 10.0 Å². The number of nitrogens with one attached hydrogen (secondary N) is 1. The summed E-state index contributed by atoms with van der Waals surface area (Å²) >= 11 is 3.27. The Morgan fingerprint density at radius 2 is 2.06 bits per heavy atom. The predicted molar refractivity (Wildman–Crippen MR) is 72.4 cm³/mol. The quantitative estimate of drug-likeness (QED) is 0.770. The molecule has 0 aliphatic carbocycles. The predicted octanol–water partition coefficient (Wildman–Crippen LogP) is 1.77. The fourth-order valence-electron chi connectivity index (χ4n) is 1.31. The molecule has 0 radical (unpaired) electrons. The lowest BCUT2D eigenvalue weighted by Crippen LogP contribution is -2.25. The fourth-order valence-corrected chi connectivity index (χ4v) is 2.81. The molecule has 0 heterocycles. The third-order valence-electron chi connectivity index (χ3n) is 2.25. The maximum absolute atomic E-state index is 12.0. The first-order valence-corrected chi connectivity index (χ1v) is 7.61. The Bertz CT molecular complexity index is 490. The highest BCUT2D eigenvalue weighted by Crippen LogP contribution is 2.27. The Morgan fingerprint density at radius 3 is 2.67 bits per heavy atom. The standard InChI is InChI=1S/C11H16BrNO4S/c1-16-7-3-6-13-18(14,15)9-4-5-10(12)11(8-9)17-2/h4-5,8,13H,3,6-7H2,1-2H3. The van der Waals surface area contributed by atoms with Gasteiger partial charge in [0, 0.05) is 26.3 Å². The first-order valence-electron chi connectivity index (χ1n) is 5.33. The number of benzene rings is 1. The van der Waals surface area contributed by atoms with Gasteiger partial charge in [-0.1, -0.05) is 0 Å². The Hall–Kier alpha value is -0.630. The lowest BCUT2D eigenvalue weighted by molar-refractivity contribution is 0.196. The minimum Gasteiger partial charge on any atom is -0.496 e. The van der Waals surface area contributed by atoms with Crippen LogP contribution in [-0.2, 0) is 14.8 Å². The molecule has 0 unspecified atom stereocenters. The molecule has 1 rings (SSSR count). The number of hydrogen-bond donors (Lipinski definition) is 1. The second-order valence-electron chi connectivity index (χ2n) is 3.54. The molecule has 0 aromatic heterocycles. The molecule has 0 atom stereocenters. The lowest BCUT2D eigenvalue weighted by atomic mass is 10.3. The highest BCUT2D eigenvalue weighted by atomic mass is 79.9. The van der Waals surface area contributed by atoms with E-state index in [1.807, 2.05) is 0 Å². The second-order valence-corrected chi connectivity index (χ2v) is 6.16. The summed E-state index contributed by atoms with van der Waals surface area (Å²) in [7, 11) is -0.430. The van der Waals surface area contributed by atoms with Gasteiger partial charge in [-0.2, -0.15) is 0 Å². The molecule has 7 heteroatoms. The molecule has 1 aromatic rings. The van der Waals surface area contributed by atoms with E-state index in [9.17, 15) is 8.42 Å². The SMILES string of the molecule is COCCCNS(=O)(=O)c1ccc(Br)c(OC)c1. The third-order valence-corrected chi connectivity index (χ3v) is 4.36. The summed E-state index contributed by atoms with van der Waals surface area (Å²) < 4.78 is 37.0. The molecular weight excluding hydrogens is 322 g/mol. The van der Waals surface area contributed by atoms with Gasteiger partial charge in [-0.3, -0.25) is 0 Å². The Balaban J connectivity index is 2.78. The topological polar surface area (TPSA) is 64.6 Å². The van der Waals surface area contributed by atoms with Crippen molar-refractivity contribution < 1.29 is 17.9 Å². The van der Waals surface area contributed by atoms with Crippen LogP contribution in [0, 0.1) is 0 Å². The average molecular weight is 338 g/mol. The summed E-state index contributed by atoms with van der Waals surface area (Å²) in [6.45, 7) is 0.862. The molecule has 5 nitrogen and oxygen atoms in total. The number of sulfonamides is 1. The smallest absolute Gasteiger partial charge is 0.240 e. The van der Waals surface area contributed by atoms with Crippen LogP contribution in [0.2, 0.25) is 0 Å². The van der Waals surface area contributed by atoms with Gasteiger partial charge in [0.1, 0.15) is 5.75 Å². The molecule has 1 aromatic carbocycles. The van der Waals surface area contributed by atoms with Crippen molar-refractivity contribution in [3.63, 3.8) is 0 Å². The van der Waals surface area contributed by atoms with Crippen molar-refractivity contribution in [1.29, 1.82) is 0 Å². The molecule has 0 fully saturated rings. The maximum atomic E-state index is 12.0. The van der Waals surface area contributed by atoms with Gasteiger partial charge in [-0.15, -0.1) is 0 Å². The van der Waals surface area contributed by atoms with Gasteiger partial charge >= 0.3 is 0 Å². The number of methoxy groups -OCH3 is 2. The molecule has 1 N–H and O–H groups in total. The van der Waals surface area contributed by atoms with E-state index in [-0.39, 0.29) is 4.90 Å². The van der Waals surface area contributed by atoms with Crippen molar-refractivity contribution in [2.45, 2.75) is 11.3 Å². The van der Waals surface area contributed by atoms with E-state index in [1.54, 1.807) is 13.2 Å². The van der Waals surface area contributed by atoms with Gasteiger partial charge in [0.15, 0.2) is 0 Å². The molecule has 0 spiro atoms. The first kappa shape index (κ1) is 15.4. The van der Waals surface area contributed by atoms with Gasteiger partial charge in [0.25, 0.3) is 0 Å². The highest BCUT2D eigenvalue weighted by molar-refractivity contribution is 9.10. The molecule has 0 aliphatic rings. The zero-order valence-corrected chi connectivity index (χ0v) is 12.7. The number of halogens is 1. The van der Waals surface area contributed by atoms with Gasteiger partial charge in [0.2, 0.25) is 10.0 Å². The summed E-state index contributed by atoms with van der Waals surface area (Å²) in [4.78, 5) is 0.181. The average Bonchev–Trinajstić information content (AvgIpc) is 2.35. The summed E-state index contributed by atoms with van der Waals surface area (Å²) in [5, 5.41) is 0. The third kappa shape index (κ3) is 4.24. The molecular formula is C11H16BrNO4S. The summed E-state index contributed by atoms with van der Waals surface area (Å²) in [6.07, 6.45) is 0.628. The molecule has 0 saturated heterocycles. The zero-order valence-electron chi connectivity index (χ0n) is 10.3. The van der Waals surface area contributed by atoms with Crippen LogP contribution < -0.4 is 9.46 Å². The second kappa shape index (κ2) is 7.08. The molecule has 0 bridgehead atoms. The Morgan fingerprint density at radius 1 is 1.33 bits per heavy atom. The minimum absolute atomic E-state index is 0.181. The van der Waals surface area contributed by atoms with E-state index in [2.05, 4.69) is 20.7 Å². The van der Waals surface area contributed by atoms with Crippen LogP contribution in [0.5, 0.6) is 5.75 Å². The monoisotopic (exact) mass is 337 g/mol. The van der Waals surface area contributed by atoms with Gasteiger partial charge < -0.3 is 9.47 Å². The minimum atomic E-state index is -3.50. The number of ether oxygens (including phenoxy) is 2. The van der Waals surface area contributed by atoms with Crippen LogP contribution >= 0.6 is 15.9 Å². The number of hydrogen-bond acceptors (Lipinski definition) is 4. The molecule has 102 valence electrons. The molecule has 0 amide bonds. The molecule has 0 aliphatic heterocycles. The van der Waals surface area contributed by atoms with E-state index >= 15 is 0 Å². The van der Waals surface area contributed by atoms with Crippen LogP contribution in [0.15, 0.2) is 27.6 Å². The van der Waals surface area contributed by atoms with Gasteiger partial charge in [0.05, 0.1) is 16.5 Å². The molecule has 18 heavy (non-hydrogen) atoms. The normalized spacial score (nSPS) is 11.5. The lowest BCUT2D eigenvalue weighted by Gasteiger charge is -2.09. The highest BCUT2D eigenvalue weighted by Gasteiger charge is 2.15. The van der Waals surface area contributed by atoms with Crippen molar-refractivity contribution in [2.75, 3.05) is 27.4 Å². The Labute approximate surface area is 116 Å². The van der Waals surface area contributed by atoms with Crippen molar-refractivity contribution in [3.05, 3.63) is 22.7 Å². The van der Waals surface area contributed by atoms with E-state index in [1.165, 1.54) is 19.2 Å². The van der Waals surface area contributed by atoms with Crippen LogP contribution in [-0.4, -0.2) is 35.8 Å². The van der Waals surface area contributed by atoms with Crippen LogP contribution in [0.4, 0.5) is 0 Å². The van der Waals surface area contributed by atoms with E-state index in [0.717, 1.165) is 0 Å². The fraction of sp³-hybridized carbons (Fsp3) is 0.455. The van der Waals surface area contributed by atoms with Crippen LogP contribution in [0.3, 0.4) is 0 Å². The summed E-state index contributed by atoms with van der Waals surface area (Å²) in [6, 6.07) is 4.64. The van der Waals surface area contributed by atoms with Crippen LogP contribution in [0.25, 0.3) is 0 Å². The summed E-state index contributed by atoms with van der Waals surface area (Å²) in [5.41, 5.74) is 0. The van der Waals surface area contributed by atoms with Gasteiger partial charge in [-0.25, -0.2) is 13.1 Å². The van der Waals surface area contributed by atoms with Crippen molar-refractivity contribution in [2.24, 2.45) is 0 Å². The number of rotatable bonds is 7. The maximum Gasteiger partial charge on any atom is 0.240 e. The van der Waals surface area contributed by atoms with E-state index in [4.69, 9.17) is 9.47 Å². The van der Waals surface area contributed by atoms with Crippen LogP contribution in [0.1, 0.15) is 6.42 Å². The zero-order chi connectivity index (χ0) is 13.6. The van der Waals surface area contributed by atoms with Crippen molar-refractivity contribution in [3.8, 4) is 5.75 Å².